The highest BCUT2D eigenvalue weighted by atomic mass is 32.1. The molecule has 3 nitrogen and oxygen atoms in total. The van der Waals surface area contributed by atoms with Crippen LogP contribution in [0.5, 0.6) is 5.75 Å². The number of thiophene rings is 1. The van der Waals surface area contributed by atoms with Gasteiger partial charge in [0.1, 0.15) is 11.6 Å². The van der Waals surface area contributed by atoms with Crippen LogP contribution >= 0.6 is 11.3 Å². The van der Waals surface area contributed by atoms with E-state index in [1.165, 1.54) is 10.9 Å². The molecule has 1 saturated heterocycles. The van der Waals surface area contributed by atoms with E-state index in [1.54, 1.807) is 30.6 Å². The summed E-state index contributed by atoms with van der Waals surface area (Å²) in [7, 11) is 1.64. The lowest BCUT2D eigenvalue weighted by atomic mass is 10.0. The predicted molar refractivity (Wildman–Crippen MR) is 83.6 cm³/mol. The predicted octanol–water partition coefficient (Wildman–Crippen LogP) is 2.89. The summed E-state index contributed by atoms with van der Waals surface area (Å²) >= 11 is 1.70. The first-order valence-electron chi connectivity index (χ1n) is 7.11. The number of hydrogen-bond acceptors (Lipinski definition) is 4. The van der Waals surface area contributed by atoms with Crippen LogP contribution in [-0.4, -0.2) is 38.2 Å². The number of piperazine rings is 1. The second kappa shape index (κ2) is 6.56. The van der Waals surface area contributed by atoms with E-state index in [1.807, 2.05) is 6.07 Å². The summed E-state index contributed by atoms with van der Waals surface area (Å²) in [6.45, 7) is 3.81. The minimum atomic E-state index is -0.220. The van der Waals surface area contributed by atoms with Crippen molar-refractivity contribution in [2.24, 2.45) is 0 Å². The zero-order valence-electron chi connectivity index (χ0n) is 12.0. The molecule has 1 aliphatic rings. The third-order valence-corrected chi connectivity index (χ3v) is 4.74. The van der Waals surface area contributed by atoms with Crippen molar-refractivity contribution in [1.29, 1.82) is 0 Å². The molecule has 0 unspecified atom stereocenters. The van der Waals surface area contributed by atoms with Gasteiger partial charge in [-0.1, -0.05) is 6.07 Å². The number of rotatable bonds is 4. The summed E-state index contributed by atoms with van der Waals surface area (Å²) in [4.78, 5) is 3.61. The van der Waals surface area contributed by atoms with Crippen LogP contribution in [0.1, 0.15) is 16.5 Å². The molecule has 1 aromatic carbocycles. The fourth-order valence-electron chi connectivity index (χ4n) is 2.84. The molecule has 0 spiro atoms. The van der Waals surface area contributed by atoms with Crippen molar-refractivity contribution < 1.29 is 9.13 Å². The number of benzene rings is 1. The van der Waals surface area contributed by atoms with Gasteiger partial charge < -0.3 is 10.1 Å². The molecule has 2 aromatic rings. The van der Waals surface area contributed by atoms with Crippen LogP contribution in [0, 0.1) is 5.82 Å². The van der Waals surface area contributed by atoms with Gasteiger partial charge in [0.2, 0.25) is 0 Å². The molecule has 0 bridgehead atoms. The van der Waals surface area contributed by atoms with E-state index in [4.69, 9.17) is 4.74 Å². The fourth-order valence-corrected chi connectivity index (χ4v) is 3.71. The average Bonchev–Trinajstić information content (AvgIpc) is 3.03. The van der Waals surface area contributed by atoms with Crippen LogP contribution in [0.3, 0.4) is 0 Å². The highest BCUT2D eigenvalue weighted by molar-refractivity contribution is 7.10. The fraction of sp³-hybridized carbons (Fsp3) is 0.375. The third-order valence-electron chi connectivity index (χ3n) is 3.82. The zero-order chi connectivity index (χ0) is 14.7. The van der Waals surface area contributed by atoms with Gasteiger partial charge in [0, 0.05) is 36.6 Å². The first-order valence-corrected chi connectivity index (χ1v) is 7.99. The Balaban J connectivity index is 2.04. The van der Waals surface area contributed by atoms with Gasteiger partial charge in [0.25, 0.3) is 0 Å². The van der Waals surface area contributed by atoms with E-state index in [0.29, 0.717) is 0 Å². The van der Waals surface area contributed by atoms with Crippen LogP contribution in [0.25, 0.3) is 0 Å². The normalized spacial score (nSPS) is 17.6. The molecule has 0 radical (unpaired) electrons. The van der Waals surface area contributed by atoms with Crippen molar-refractivity contribution in [3.8, 4) is 5.75 Å². The lowest BCUT2D eigenvalue weighted by molar-refractivity contribution is 0.197. The molecular formula is C16H19FN2OS. The van der Waals surface area contributed by atoms with Gasteiger partial charge >= 0.3 is 0 Å². The lowest BCUT2D eigenvalue weighted by Crippen LogP contribution is -2.45. The first kappa shape index (κ1) is 14.5. The molecule has 1 aliphatic heterocycles. The van der Waals surface area contributed by atoms with E-state index >= 15 is 0 Å². The third kappa shape index (κ3) is 3.10. The molecular weight excluding hydrogens is 287 g/mol. The number of ether oxygens (including phenoxy) is 1. The van der Waals surface area contributed by atoms with Crippen molar-refractivity contribution in [2.75, 3.05) is 33.3 Å². The van der Waals surface area contributed by atoms with E-state index < -0.39 is 0 Å². The Kier molecular flexibility index (Phi) is 4.53. The smallest absolute Gasteiger partial charge is 0.124 e. The monoisotopic (exact) mass is 306 g/mol. The van der Waals surface area contributed by atoms with Crippen LogP contribution in [-0.2, 0) is 0 Å². The second-order valence-electron chi connectivity index (χ2n) is 5.09. The number of methoxy groups -OCH3 is 1. The molecule has 1 fully saturated rings. The first-order chi connectivity index (χ1) is 10.3. The second-order valence-corrected chi connectivity index (χ2v) is 6.07. The molecule has 5 heteroatoms. The molecule has 3 rings (SSSR count). The molecule has 1 N–H and O–H groups in total. The Labute approximate surface area is 128 Å². The molecule has 1 atom stereocenters. The topological polar surface area (TPSA) is 24.5 Å². The zero-order valence-corrected chi connectivity index (χ0v) is 12.8. The van der Waals surface area contributed by atoms with Crippen LogP contribution in [0.4, 0.5) is 4.39 Å². The Morgan fingerprint density at radius 1 is 1.29 bits per heavy atom. The molecule has 112 valence electrons. The summed E-state index contributed by atoms with van der Waals surface area (Å²) < 4.78 is 19.2. The number of nitrogens with zero attached hydrogens (tertiary/aromatic N) is 1. The Morgan fingerprint density at radius 3 is 2.76 bits per heavy atom. The van der Waals surface area contributed by atoms with Crippen LogP contribution < -0.4 is 10.1 Å². The quantitative estimate of drug-likeness (QED) is 0.940. The van der Waals surface area contributed by atoms with Crippen LogP contribution in [0.15, 0.2) is 35.7 Å². The van der Waals surface area contributed by atoms with Crippen LogP contribution in [0.2, 0.25) is 0 Å². The van der Waals surface area contributed by atoms with Crippen molar-refractivity contribution >= 4 is 11.3 Å². The Morgan fingerprint density at radius 2 is 2.10 bits per heavy atom. The molecule has 1 aromatic heterocycles. The molecule has 2 heterocycles. The maximum Gasteiger partial charge on any atom is 0.124 e. The summed E-state index contributed by atoms with van der Waals surface area (Å²) in [5.41, 5.74) is 0.904. The largest absolute Gasteiger partial charge is 0.496 e. The molecule has 0 amide bonds. The van der Waals surface area contributed by atoms with Crippen molar-refractivity contribution in [1.82, 2.24) is 10.2 Å². The Hall–Kier alpha value is -1.43. The van der Waals surface area contributed by atoms with Gasteiger partial charge in [-0.3, -0.25) is 4.90 Å². The van der Waals surface area contributed by atoms with E-state index in [0.717, 1.165) is 37.5 Å². The summed E-state index contributed by atoms with van der Waals surface area (Å²) in [5, 5.41) is 5.43. The number of halogens is 1. The minimum absolute atomic E-state index is 0.0535. The maximum absolute atomic E-state index is 13.8. The van der Waals surface area contributed by atoms with Gasteiger partial charge in [-0.05, 0) is 29.6 Å². The number of nitrogens with one attached hydrogen (secondary N) is 1. The van der Waals surface area contributed by atoms with Gasteiger partial charge in [-0.2, -0.15) is 0 Å². The number of hydrogen-bond donors (Lipinski definition) is 1. The SMILES string of the molecule is COc1ccc(F)cc1[C@@H](c1cccs1)N1CCNCC1. The minimum Gasteiger partial charge on any atom is -0.496 e. The van der Waals surface area contributed by atoms with Crippen molar-refractivity contribution in [3.63, 3.8) is 0 Å². The highest BCUT2D eigenvalue weighted by Gasteiger charge is 2.27. The highest BCUT2D eigenvalue weighted by Crippen LogP contribution is 2.37. The Bertz CT molecular complexity index is 582. The average molecular weight is 306 g/mol. The van der Waals surface area contributed by atoms with Gasteiger partial charge in [-0.25, -0.2) is 4.39 Å². The standard InChI is InChI=1S/C16H19FN2OS/c1-20-14-5-4-12(17)11-13(14)16(15-3-2-10-21-15)19-8-6-18-7-9-19/h2-5,10-11,16,18H,6-9H2,1H3/t16-/m0/s1. The van der Waals surface area contributed by atoms with E-state index in [-0.39, 0.29) is 11.9 Å². The molecule has 21 heavy (non-hydrogen) atoms. The van der Waals surface area contributed by atoms with Gasteiger partial charge in [0.15, 0.2) is 0 Å². The lowest BCUT2D eigenvalue weighted by Gasteiger charge is -2.35. The van der Waals surface area contributed by atoms with Crippen molar-refractivity contribution in [2.45, 2.75) is 6.04 Å². The summed E-state index contributed by atoms with van der Waals surface area (Å²) in [6.07, 6.45) is 0. The molecule has 0 saturated carbocycles. The summed E-state index contributed by atoms with van der Waals surface area (Å²) in [5.74, 6) is 0.524. The van der Waals surface area contributed by atoms with E-state index in [2.05, 4.69) is 21.7 Å². The van der Waals surface area contributed by atoms with Gasteiger partial charge in [0.05, 0.1) is 13.2 Å². The maximum atomic E-state index is 13.8. The molecule has 0 aliphatic carbocycles. The van der Waals surface area contributed by atoms with Gasteiger partial charge in [-0.15, -0.1) is 11.3 Å². The van der Waals surface area contributed by atoms with E-state index in [9.17, 15) is 4.39 Å². The summed E-state index contributed by atoms with van der Waals surface area (Å²) in [6, 6.07) is 8.98. The van der Waals surface area contributed by atoms with Crippen molar-refractivity contribution in [3.05, 3.63) is 52.0 Å².